The highest BCUT2D eigenvalue weighted by Crippen LogP contribution is 2.14. The van der Waals surface area contributed by atoms with Crippen LogP contribution in [0.2, 0.25) is 0 Å². The Bertz CT molecular complexity index is 1060. The van der Waals surface area contributed by atoms with Crippen LogP contribution in [-0.2, 0) is 33.9 Å². The van der Waals surface area contributed by atoms with Gasteiger partial charge in [0.05, 0.1) is 17.7 Å². The summed E-state index contributed by atoms with van der Waals surface area (Å²) in [7, 11) is -3.26. The smallest absolute Gasteiger partial charge is 0.322 e. The molecule has 3 aromatic rings. The predicted molar refractivity (Wildman–Crippen MR) is 105 cm³/mol. The van der Waals surface area contributed by atoms with Gasteiger partial charge in [0.15, 0.2) is 9.84 Å². The molecule has 146 valence electrons. The number of nitrogens with one attached hydrogen (secondary N) is 1. The Balaban J connectivity index is 1.57. The van der Waals surface area contributed by atoms with E-state index in [2.05, 4.69) is 34.6 Å². The minimum Gasteiger partial charge on any atom is -0.407 e. The van der Waals surface area contributed by atoms with E-state index in [1.807, 2.05) is 12.1 Å². The summed E-state index contributed by atoms with van der Waals surface area (Å²) in [6.45, 7) is 2.10. The van der Waals surface area contributed by atoms with E-state index in [4.69, 9.17) is 4.42 Å². The highest BCUT2D eigenvalue weighted by molar-refractivity contribution is 7.90. The van der Waals surface area contributed by atoms with Crippen molar-refractivity contribution in [2.24, 2.45) is 0 Å². The monoisotopic (exact) mass is 399 g/mol. The molecule has 0 bridgehead atoms. The van der Waals surface area contributed by atoms with E-state index in [1.165, 1.54) is 17.7 Å². The van der Waals surface area contributed by atoms with E-state index < -0.39 is 9.84 Å². The molecule has 0 saturated heterocycles. The summed E-state index contributed by atoms with van der Waals surface area (Å²) in [5.41, 5.74) is 2.98. The molecule has 7 nitrogen and oxygen atoms in total. The van der Waals surface area contributed by atoms with Crippen LogP contribution in [0.1, 0.15) is 29.5 Å². The van der Waals surface area contributed by atoms with Crippen LogP contribution in [0.3, 0.4) is 0 Å². The van der Waals surface area contributed by atoms with Crippen LogP contribution in [0, 0.1) is 0 Å². The lowest BCUT2D eigenvalue weighted by molar-refractivity contribution is -0.115. The Morgan fingerprint density at radius 2 is 1.57 bits per heavy atom. The second kappa shape index (κ2) is 8.35. The summed E-state index contributed by atoms with van der Waals surface area (Å²) in [6, 6.07) is 14.4. The molecule has 0 unspecified atom stereocenters. The number of aromatic nitrogens is 2. The molecule has 28 heavy (non-hydrogen) atoms. The summed E-state index contributed by atoms with van der Waals surface area (Å²) < 4.78 is 28.4. The average molecular weight is 399 g/mol. The molecule has 0 spiro atoms. The largest absolute Gasteiger partial charge is 0.407 e. The molecule has 1 aromatic heterocycles. The molecular formula is C20H21N3O4S. The number of carbonyl (C=O) groups is 1. The van der Waals surface area contributed by atoms with Crippen molar-refractivity contribution in [3.63, 3.8) is 0 Å². The number of sulfone groups is 1. The van der Waals surface area contributed by atoms with Crippen molar-refractivity contribution in [3.8, 4) is 0 Å². The number of benzene rings is 2. The number of hydrogen-bond donors (Lipinski definition) is 1. The van der Waals surface area contributed by atoms with E-state index in [1.54, 1.807) is 12.1 Å². The quantitative estimate of drug-likeness (QED) is 0.655. The van der Waals surface area contributed by atoms with Gasteiger partial charge in [-0.3, -0.25) is 10.1 Å². The van der Waals surface area contributed by atoms with Gasteiger partial charge in [-0.25, -0.2) is 8.42 Å². The average Bonchev–Trinajstić information content (AvgIpc) is 3.08. The second-order valence-electron chi connectivity index (χ2n) is 6.49. The van der Waals surface area contributed by atoms with Gasteiger partial charge in [-0.2, -0.15) is 0 Å². The Labute approximate surface area is 163 Å². The number of hydrogen-bond acceptors (Lipinski definition) is 6. The molecule has 0 fully saturated rings. The second-order valence-corrected chi connectivity index (χ2v) is 8.50. The van der Waals surface area contributed by atoms with Crippen LogP contribution in [0.4, 0.5) is 6.01 Å². The SMILES string of the molecule is CCc1ccc(Cc2nnc(NC(=O)Cc3ccc(S(C)(=O)=O)cc3)o2)cc1. The molecule has 3 rings (SSSR count). The Morgan fingerprint density at radius 1 is 0.964 bits per heavy atom. The number of amides is 1. The summed E-state index contributed by atoms with van der Waals surface area (Å²) >= 11 is 0. The Hall–Kier alpha value is -3.00. The third-order valence-corrected chi connectivity index (χ3v) is 5.34. The zero-order valence-corrected chi connectivity index (χ0v) is 16.5. The molecule has 1 heterocycles. The maximum absolute atomic E-state index is 12.1. The van der Waals surface area contributed by atoms with Crippen molar-refractivity contribution < 1.29 is 17.6 Å². The lowest BCUT2D eigenvalue weighted by Gasteiger charge is -2.03. The third-order valence-electron chi connectivity index (χ3n) is 4.22. The number of anilines is 1. The molecule has 1 amide bonds. The standard InChI is InChI=1S/C20H21N3O4S/c1-3-14-4-6-16(7-5-14)13-19-22-23-20(27-19)21-18(24)12-15-8-10-17(11-9-15)28(2,25)26/h4-11H,3,12-13H2,1-2H3,(H,21,23,24). The van der Waals surface area contributed by atoms with Crippen molar-refractivity contribution in [1.82, 2.24) is 10.2 Å². The normalized spacial score (nSPS) is 11.4. The predicted octanol–water partition coefficient (Wildman–Crippen LogP) is 2.81. The molecule has 2 aromatic carbocycles. The van der Waals surface area contributed by atoms with E-state index >= 15 is 0 Å². The van der Waals surface area contributed by atoms with Crippen molar-refractivity contribution >= 4 is 21.8 Å². The van der Waals surface area contributed by atoms with Gasteiger partial charge in [0.1, 0.15) is 0 Å². The maximum atomic E-state index is 12.1. The maximum Gasteiger partial charge on any atom is 0.322 e. The van der Waals surface area contributed by atoms with Crippen molar-refractivity contribution in [2.45, 2.75) is 31.1 Å². The minimum atomic E-state index is -3.26. The third kappa shape index (κ3) is 5.26. The number of carbonyl (C=O) groups excluding carboxylic acids is 1. The van der Waals surface area contributed by atoms with E-state index in [9.17, 15) is 13.2 Å². The number of rotatable bonds is 7. The highest BCUT2D eigenvalue weighted by Gasteiger charge is 2.12. The van der Waals surface area contributed by atoms with Crippen molar-refractivity contribution in [2.75, 3.05) is 11.6 Å². The molecule has 0 aliphatic carbocycles. The molecule has 8 heteroatoms. The van der Waals surface area contributed by atoms with E-state index in [-0.39, 0.29) is 23.2 Å². The topological polar surface area (TPSA) is 102 Å². The molecule has 0 saturated carbocycles. The zero-order valence-electron chi connectivity index (χ0n) is 15.7. The van der Waals surface area contributed by atoms with Gasteiger partial charge in [-0.15, -0.1) is 5.10 Å². The first-order chi connectivity index (χ1) is 13.3. The molecule has 1 N–H and O–H groups in total. The molecule has 0 radical (unpaired) electrons. The summed E-state index contributed by atoms with van der Waals surface area (Å²) in [6.07, 6.45) is 2.67. The fourth-order valence-corrected chi connectivity index (χ4v) is 3.28. The molecule has 0 atom stereocenters. The van der Waals surface area contributed by atoms with Gasteiger partial charge >= 0.3 is 6.01 Å². The zero-order chi connectivity index (χ0) is 20.1. The van der Waals surface area contributed by atoms with Crippen LogP contribution < -0.4 is 5.32 Å². The number of nitrogens with zero attached hydrogens (tertiary/aromatic N) is 2. The minimum absolute atomic E-state index is 0.0398. The van der Waals surface area contributed by atoms with Crippen molar-refractivity contribution in [1.29, 1.82) is 0 Å². The Morgan fingerprint density at radius 3 is 2.18 bits per heavy atom. The molecule has 0 aliphatic rings. The fourth-order valence-electron chi connectivity index (χ4n) is 2.65. The van der Waals surface area contributed by atoms with Crippen LogP contribution in [0.5, 0.6) is 0 Å². The fraction of sp³-hybridized carbons (Fsp3) is 0.250. The first-order valence-corrected chi connectivity index (χ1v) is 10.7. The molecule has 0 aliphatic heterocycles. The lowest BCUT2D eigenvalue weighted by atomic mass is 10.1. The molecular weight excluding hydrogens is 378 g/mol. The van der Waals surface area contributed by atoms with Gasteiger partial charge < -0.3 is 4.42 Å². The van der Waals surface area contributed by atoms with Crippen LogP contribution >= 0.6 is 0 Å². The van der Waals surface area contributed by atoms with Gasteiger partial charge in [-0.05, 0) is 35.2 Å². The van der Waals surface area contributed by atoms with Crippen LogP contribution in [0.25, 0.3) is 0 Å². The van der Waals surface area contributed by atoms with Gasteiger partial charge in [0.25, 0.3) is 0 Å². The van der Waals surface area contributed by atoms with Gasteiger partial charge in [-0.1, -0.05) is 48.4 Å². The first-order valence-electron chi connectivity index (χ1n) is 8.82. The Kier molecular flexibility index (Phi) is 5.89. The van der Waals surface area contributed by atoms with E-state index in [0.717, 1.165) is 18.2 Å². The lowest BCUT2D eigenvalue weighted by Crippen LogP contribution is -2.14. The van der Waals surface area contributed by atoms with Crippen molar-refractivity contribution in [3.05, 3.63) is 71.1 Å². The van der Waals surface area contributed by atoms with Crippen LogP contribution in [-0.4, -0.2) is 30.8 Å². The van der Waals surface area contributed by atoms with E-state index in [0.29, 0.717) is 17.9 Å². The highest BCUT2D eigenvalue weighted by atomic mass is 32.2. The number of aryl methyl sites for hydroxylation is 1. The van der Waals surface area contributed by atoms with Gasteiger partial charge in [0, 0.05) is 6.26 Å². The summed E-state index contributed by atoms with van der Waals surface area (Å²) in [5, 5.41) is 10.4. The van der Waals surface area contributed by atoms with Crippen LogP contribution in [0.15, 0.2) is 57.8 Å². The summed E-state index contributed by atoms with van der Waals surface area (Å²) in [4.78, 5) is 12.4. The summed E-state index contributed by atoms with van der Waals surface area (Å²) in [5.74, 6) is 0.0895. The first kappa shape index (κ1) is 19.8. The van der Waals surface area contributed by atoms with Gasteiger partial charge in [0.2, 0.25) is 11.8 Å².